The molecule has 0 fully saturated rings. The molecule has 0 unspecified atom stereocenters. The van der Waals surface area contributed by atoms with Crippen LogP contribution in [-0.2, 0) is 11.3 Å². The number of pyridine rings is 1. The molecule has 1 aromatic rings. The molecule has 0 saturated carbocycles. The van der Waals surface area contributed by atoms with Gasteiger partial charge in [0.1, 0.15) is 0 Å². The van der Waals surface area contributed by atoms with Gasteiger partial charge in [-0.15, -0.1) is 0 Å². The first-order valence-corrected chi connectivity index (χ1v) is 6.15. The Morgan fingerprint density at radius 3 is 2.76 bits per heavy atom. The minimum atomic E-state index is 0.0580. The molecule has 4 nitrogen and oxygen atoms in total. The van der Waals surface area contributed by atoms with Gasteiger partial charge < -0.3 is 10.6 Å². The van der Waals surface area contributed by atoms with Crippen molar-refractivity contribution < 1.29 is 4.79 Å². The lowest BCUT2D eigenvalue weighted by atomic mass is 10.2. The zero-order valence-corrected chi connectivity index (χ0v) is 10.6. The molecule has 0 aliphatic carbocycles. The molecule has 0 saturated heterocycles. The smallest absolute Gasteiger partial charge is 0.234 e. The van der Waals surface area contributed by atoms with E-state index < -0.39 is 0 Å². The first-order valence-electron chi connectivity index (χ1n) is 6.15. The quantitative estimate of drug-likeness (QED) is 0.752. The second kappa shape index (κ2) is 7.79. The van der Waals surface area contributed by atoms with Gasteiger partial charge in [0.05, 0.1) is 6.54 Å². The van der Waals surface area contributed by atoms with E-state index in [0.717, 1.165) is 18.4 Å². The monoisotopic (exact) mass is 235 g/mol. The summed E-state index contributed by atoms with van der Waals surface area (Å²) in [5.41, 5.74) is 1.09. The van der Waals surface area contributed by atoms with Crippen LogP contribution in [0.4, 0.5) is 0 Å². The van der Waals surface area contributed by atoms with Crippen LogP contribution in [0.1, 0.15) is 32.3 Å². The number of hydrogen-bond donors (Lipinski definition) is 2. The Hall–Kier alpha value is -1.42. The minimum absolute atomic E-state index is 0.0580. The lowest BCUT2D eigenvalue weighted by molar-refractivity contribution is -0.121. The Balaban J connectivity index is 2.20. The molecule has 0 atom stereocenters. The highest BCUT2D eigenvalue weighted by atomic mass is 16.1. The molecule has 0 radical (unpaired) electrons. The third-order valence-electron chi connectivity index (χ3n) is 2.69. The molecule has 4 heteroatoms. The number of aromatic nitrogens is 1. The zero-order chi connectivity index (χ0) is 12.5. The highest BCUT2D eigenvalue weighted by Crippen LogP contribution is 1.96. The largest absolute Gasteiger partial charge is 0.352 e. The maximum absolute atomic E-state index is 11.6. The van der Waals surface area contributed by atoms with Gasteiger partial charge in [-0.3, -0.25) is 9.78 Å². The number of nitrogens with zero attached hydrogens (tertiary/aromatic N) is 1. The summed E-state index contributed by atoms with van der Waals surface area (Å²) in [6, 6.07) is 4.17. The second-order valence-corrected chi connectivity index (χ2v) is 4.05. The summed E-state index contributed by atoms with van der Waals surface area (Å²) in [4.78, 5) is 15.6. The second-order valence-electron chi connectivity index (χ2n) is 4.05. The van der Waals surface area contributed by atoms with Gasteiger partial charge in [0, 0.05) is 25.0 Å². The van der Waals surface area contributed by atoms with E-state index in [0.29, 0.717) is 19.1 Å². The van der Waals surface area contributed by atoms with E-state index >= 15 is 0 Å². The van der Waals surface area contributed by atoms with Gasteiger partial charge in [0.2, 0.25) is 5.91 Å². The van der Waals surface area contributed by atoms with Gasteiger partial charge in [0.15, 0.2) is 0 Å². The summed E-state index contributed by atoms with van der Waals surface area (Å²) in [7, 11) is 0. The molecule has 1 rings (SSSR count). The predicted molar refractivity (Wildman–Crippen MR) is 68.5 cm³/mol. The van der Waals surface area contributed by atoms with Crippen molar-refractivity contribution in [3.63, 3.8) is 0 Å². The fourth-order valence-electron chi connectivity index (χ4n) is 1.59. The number of amides is 1. The van der Waals surface area contributed by atoms with Crippen LogP contribution in [0.3, 0.4) is 0 Å². The summed E-state index contributed by atoms with van der Waals surface area (Å²) in [6.45, 7) is 5.19. The molecule has 2 N–H and O–H groups in total. The van der Waals surface area contributed by atoms with Crippen LogP contribution >= 0.6 is 0 Å². The lowest BCUT2D eigenvalue weighted by Gasteiger charge is -2.14. The van der Waals surface area contributed by atoms with Crippen LogP contribution in [-0.4, -0.2) is 23.5 Å². The van der Waals surface area contributed by atoms with E-state index in [2.05, 4.69) is 29.5 Å². The molecular formula is C13H21N3O. The molecule has 0 aliphatic rings. The van der Waals surface area contributed by atoms with Crippen molar-refractivity contribution in [3.8, 4) is 0 Å². The highest BCUT2D eigenvalue weighted by Gasteiger charge is 2.07. The molecule has 0 aliphatic heterocycles. The summed E-state index contributed by atoms with van der Waals surface area (Å²) < 4.78 is 0. The van der Waals surface area contributed by atoms with Gasteiger partial charge in [-0.25, -0.2) is 0 Å². The number of hydrogen-bond acceptors (Lipinski definition) is 3. The molecular weight excluding hydrogens is 214 g/mol. The number of nitrogens with one attached hydrogen (secondary N) is 2. The molecule has 1 amide bonds. The molecule has 94 valence electrons. The van der Waals surface area contributed by atoms with Crippen molar-refractivity contribution in [3.05, 3.63) is 30.1 Å². The Morgan fingerprint density at radius 1 is 1.41 bits per heavy atom. The Morgan fingerprint density at radius 2 is 2.18 bits per heavy atom. The van der Waals surface area contributed by atoms with Crippen LogP contribution in [0.5, 0.6) is 0 Å². The SMILES string of the molecule is CCC(CC)NC(=O)CNCc1cccnc1. The molecule has 1 aromatic heterocycles. The van der Waals surface area contributed by atoms with Crippen LogP contribution < -0.4 is 10.6 Å². The number of carbonyl (C=O) groups is 1. The molecule has 17 heavy (non-hydrogen) atoms. The molecule has 0 bridgehead atoms. The maximum Gasteiger partial charge on any atom is 0.234 e. The van der Waals surface area contributed by atoms with Crippen molar-refractivity contribution in [1.29, 1.82) is 0 Å². The predicted octanol–water partition coefficient (Wildman–Crippen LogP) is 1.48. The van der Waals surface area contributed by atoms with Crippen molar-refractivity contribution in [2.45, 2.75) is 39.3 Å². The van der Waals surface area contributed by atoms with Gasteiger partial charge in [-0.2, -0.15) is 0 Å². The van der Waals surface area contributed by atoms with Crippen molar-refractivity contribution in [1.82, 2.24) is 15.6 Å². The Labute approximate surface area is 103 Å². The van der Waals surface area contributed by atoms with Crippen LogP contribution in [0.25, 0.3) is 0 Å². The fourth-order valence-corrected chi connectivity index (χ4v) is 1.59. The standard InChI is InChI=1S/C13H21N3O/c1-3-12(4-2)16-13(17)10-15-9-11-6-5-7-14-8-11/h5-8,12,15H,3-4,9-10H2,1-2H3,(H,16,17). The van der Waals surface area contributed by atoms with Crippen LogP contribution in [0.2, 0.25) is 0 Å². The Bertz CT molecular complexity index is 323. The van der Waals surface area contributed by atoms with E-state index in [1.54, 1.807) is 12.4 Å². The fraction of sp³-hybridized carbons (Fsp3) is 0.538. The maximum atomic E-state index is 11.6. The van der Waals surface area contributed by atoms with E-state index in [1.165, 1.54) is 0 Å². The van der Waals surface area contributed by atoms with Crippen LogP contribution in [0.15, 0.2) is 24.5 Å². The summed E-state index contributed by atoms with van der Waals surface area (Å²) in [5, 5.41) is 6.09. The van der Waals surface area contributed by atoms with Crippen molar-refractivity contribution >= 4 is 5.91 Å². The third-order valence-corrected chi connectivity index (χ3v) is 2.69. The third kappa shape index (κ3) is 5.45. The minimum Gasteiger partial charge on any atom is -0.352 e. The van der Waals surface area contributed by atoms with E-state index in [-0.39, 0.29) is 5.91 Å². The Kier molecular flexibility index (Phi) is 6.25. The summed E-state index contributed by atoms with van der Waals surface area (Å²) in [6.07, 6.45) is 5.49. The average molecular weight is 235 g/mol. The van der Waals surface area contributed by atoms with Gasteiger partial charge in [0.25, 0.3) is 0 Å². The van der Waals surface area contributed by atoms with Gasteiger partial charge >= 0.3 is 0 Å². The van der Waals surface area contributed by atoms with Gasteiger partial charge in [-0.1, -0.05) is 19.9 Å². The van der Waals surface area contributed by atoms with Crippen LogP contribution in [0, 0.1) is 0 Å². The van der Waals surface area contributed by atoms with E-state index in [4.69, 9.17) is 0 Å². The average Bonchev–Trinajstić information content (AvgIpc) is 2.37. The van der Waals surface area contributed by atoms with E-state index in [9.17, 15) is 4.79 Å². The lowest BCUT2D eigenvalue weighted by Crippen LogP contribution is -2.39. The van der Waals surface area contributed by atoms with Crippen molar-refractivity contribution in [2.75, 3.05) is 6.54 Å². The molecule has 1 heterocycles. The topological polar surface area (TPSA) is 54.0 Å². The summed E-state index contributed by atoms with van der Waals surface area (Å²) >= 11 is 0. The normalized spacial score (nSPS) is 10.5. The van der Waals surface area contributed by atoms with Gasteiger partial charge in [-0.05, 0) is 24.5 Å². The molecule has 0 aromatic carbocycles. The first kappa shape index (κ1) is 13.6. The van der Waals surface area contributed by atoms with E-state index in [1.807, 2.05) is 12.1 Å². The number of carbonyl (C=O) groups excluding carboxylic acids is 1. The molecule has 0 spiro atoms. The highest BCUT2D eigenvalue weighted by molar-refractivity contribution is 5.78. The number of rotatable bonds is 7. The van der Waals surface area contributed by atoms with Crippen molar-refractivity contribution in [2.24, 2.45) is 0 Å². The zero-order valence-electron chi connectivity index (χ0n) is 10.6. The summed E-state index contributed by atoms with van der Waals surface area (Å²) in [5.74, 6) is 0.0580. The first-order chi connectivity index (χ1) is 8.26.